The smallest absolute Gasteiger partial charge is 0.236 e. The molecule has 0 amide bonds. The van der Waals surface area contributed by atoms with Crippen LogP contribution in [0.3, 0.4) is 0 Å². The fourth-order valence-electron chi connectivity index (χ4n) is 0.559. The van der Waals surface area contributed by atoms with Gasteiger partial charge >= 0.3 is 0 Å². The van der Waals surface area contributed by atoms with Crippen LogP contribution in [-0.2, 0) is 4.79 Å². The Kier molecular flexibility index (Phi) is 4.47. The molecule has 0 unspecified atom stereocenters. The molecule has 4 N–H and O–H groups in total. The SMILES string of the molecule is C#CC(=O)[C@H](O)[C@H](O)[C@H](O)CO. The predicted octanol–water partition coefficient (Wildman–Crippen LogP) is -2.74. The van der Waals surface area contributed by atoms with Crippen LogP contribution in [0.4, 0.5) is 0 Å². The quantitative estimate of drug-likeness (QED) is 0.274. The van der Waals surface area contributed by atoms with E-state index in [9.17, 15) is 4.79 Å². The summed E-state index contributed by atoms with van der Waals surface area (Å²) in [6, 6.07) is 0. The maximum Gasteiger partial charge on any atom is 0.236 e. The summed E-state index contributed by atoms with van der Waals surface area (Å²) in [5.74, 6) is 0.551. The molecule has 68 valence electrons. The van der Waals surface area contributed by atoms with Gasteiger partial charge in [-0.2, -0.15) is 0 Å². The molecule has 0 aliphatic heterocycles. The minimum absolute atomic E-state index is 0.754. The van der Waals surface area contributed by atoms with Crippen LogP contribution in [0.25, 0.3) is 0 Å². The second kappa shape index (κ2) is 4.85. The molecule has 0 saturated heterocycles. The third kappa shape index (κ3) is 2.60. The molecule has 0 fully saturated rings. The monoisotopic (exact) mass is 174 g/mol. The summed E-state index contributed by atoms with van der Waals surface area (Å²) >= 11 is 0. The van der Waals surface area contributed by atoms with Crippen molar-refractivity contribution >= 4 is 5.78 Å². The van der Waals surface area contributed by atoms with Crippen LogP contribution in [-0.4, -0.2) is 51.1 Å². The Bertz CT molecular complexity index is 194. The first-order valence-corrected chi connectivity index (χ1v) is 3.20. The van der Waals surface area contributed by atoms with Crippen molar-refractivity contribution in [3.8, 4) is 12.3 Å². The molecule has 0 aromatic rings. The Labute approximate surface area is 69.3 Å². The van der Waals surface area contributed by atoms with E-state index in [0.29, 0.717) is 0 Å². The van der Waals surface area contributed by atoms with E-state index in [0.717, 1.165) is 0 Å². The third-order valence-electron chi connectivity index (χ3n) is 1.32. The maximum absolute atomic E-state index is 10.5. The van der Waals surface area contributed by atoms with Gasteiger partial charge in [0.2, 0.25) is 5.78 Å². The molecule has 5 heteroatoms. The third-order valence-corrected chi connectivity index (χ3v) is 1.32. The number of rotatable bonds is 4. The summed E-state index contributed by atoms with van der Waals surface area (Å²) in [6.07, 6.45) is -0.536. The van der Waals surface area contributed by atoms with Crippen LogP contribution < -0.4 is 0 Å². The molecule has 5 nitrogen and oxygen atoms in total. The zero-order valence-electron chi connectivity index (χ0n) is 6.21. The second-order valence-corrected chi connectivity index (χ2v) is 2.19. The standard InChI is InChI=1S/C7H10O5/c1-2-4(9)6(11)7(12)5(10)3-8/h1,5-8,10-12H,3H2/t5-,6+,7-/m1/s1. The molecule has 0 aliphatic carbocycles. The van der Waals surface area contributed by atoms with E-state index in [-0.39, 0.29) is 0 Å². The van der Waals surface area contributed by atoms with Gasteiger partial charge in [-0.15, -0.1) is 6.42 Å². The van der Waals surface area contributed by atoms with Crippen molar-refractivity contribution < 1.29 is 25.2 Å². The molecule has 0 aromatic heterocycles. The van der Waals surface area contributed by atoms with Gasteiger partial charge in [0, 0.05) is 0 Å². The Morgan fingerprint density at radius 3 is 2.25 bits per heavy atom. The lowest BCUT2D eigenvalue weighted by molar-refractivity contribution is -0.134. The van der Waals surface area contributed by atoms with Gasteiger partial charge < -0.3 is 20.4 Å². The van der Waals surface area contributed by atoms with Crippen LogP contribution in [0.2, 0.25) is 0 Å². The summed E-state index contributed by atoms with van der Waals surface area (Å²) in [5, 5.41) is 34.9. The van der Waals surface area contributed by atoms with Gasteiger partial charge in [-0.25, -0.2) is 0 Å². The van der Waals surface area contributed by atoms with Crippen LogP contribution >= 0.6 is 0 Å². The zero-order valence-corrected chi connectivity index (χ0v) is 6.21. The molecule has 0 saturated carbocycles. The summed E-state index contributed by atoms with van der Waals surface area (Å²) in [6.45, 7) is -0.754. The van der Waals surface area contributed by atoms with Crippen molar-refractivity contribution in [3.63, 3.8) is 0 Å². The van der Waals surface area contributed by atoms with E-state index in [1.54, 1.807) is 5.92 Å². The Morgan fingerprint density at radius 2 is 1.92 bits per heavy atom. The zero-order chi connectivity index (χ0) is 9.72. The van der Waals surface area contributed by atoms with Gasteiger partial charge in [0.05, 0.1) is 6.61 Å². The van der Waals surface area contributed by atoms with Gasteiger partial charge in [-0.1, -0.05) is 0 Å². The fraction of sp³-hybridized carbons (Fsp3) is 0.571. The predicted molar refractivity (Wildman–Crippen MR) is 38.9 cm³/mol. The summed E-state index contributed by atoms with van der Waals surface area (Å²) in [4.78, 5) is 10.5. The highest BCUT2D eigenvalue weighted by Crippen LogP contribution is 2.00. The van der Waals surface area contributed by atoms with E-state index in [1.807, 2.05) is 0 Å². The average molecular weight is 174 g/mol. The minimum atomic E-state index is -1.85. The van der Waals surface area contributed by atoms with E-state index in [4.69, 9.17) is 20.4 Å². The average Bonchev–Trinajstić information content (AvgIpc) is 2.12. The van der Waals surface area contributed by atoms with Gasteiger partial charge in [-0.3, -0.25) is 4.79 Å². The van der Waals surface area contributed by atoms with Crippen LogP contribution in [0.15, 0.2) is 0 Å². The van der Waals surface area contributed by atoms with Gasteiger partial charge in [-0.05, 0) is 5.92 Å². The number of hydrogen-bond donors (Lipinski definition) is 4. The van der Waals surface area contributed by atoms with Crippen molar-refractivity contribution in [2.45, 2.75) is 18.3 Å². The van der Waals surface area contributed by atoms with Crippen LogP contribution in [0.5, 0.6) is 0 Å². The maximum atomic E-state index is 10.5. The largest absolute Gasteiger partial charge is 0.394 e. The molecule has 12 heavy (non-hydrogen) atoms. The number of Topliss-reactive ketones (excluding diaryl/α,β-unsaturated/α-hetero) is 1. The summed E-state index contributed by atoms with van der Waals surface area (Å²) in [5.41, 5.74) is 0. The number of terminal acetylenes is 1. The lowest BCUT2D eigenvalue weighted by atomic mass is 10.1. The van der Waals surface area contributed by atoms with E-state index >= 15 is 0 Å². The van der Waals surface area contributed by atoms with E-state index < -0.39 is 30.7 Å². The molecular weight excluding hydrogens is 164 g/mol. The number of aliphatic hydroxyl groups excluding tert-OH is 4. The number of carbonyl (C=O) groups is 1. The first-order valence-electron chi connectivity index (χ1n) is 3.20. The fourth-order valence-corrected chi connectivity index (χ4v) is 0.559. The Balaban J connectivity index is 4.20. The number of hydrogen-bond acceptors (Lipinski definition) is 5. The van der Waals surface area contributed by atoms with Crippen molar-refractivity contribution in [2.75, 3.05) is 6.61 Å². The lowest BCUT2D eigenvalue weighted by Gasteiger charge is -2.18. The minimum Gasteiger partial charge on any atom is -0.394 e. The molecule has 0 aliphatic rings. The molecule has 0 spiro atoms. The Hall–Kier alpha value is -0.930. The van der Waals surface area contributed by atoms with Crippen molar-refractivity contribution in [1.29, 1.82) is 0 Å². The van der Waals surface area contributed by atoms with Gasteiger partial charge in [0.1, 0.15) is 12.2 Å². The number of carbonyl (C=O) groups excluding carboxylic acids is 1. The van der Waals surface area contributed by atoms with Crippen LogP contribution in [0, 0.1) is 12.3 Å². The highest BCUT2D eigenvalue weighted by atomic mass is 16.4. The normalized spacial score (nSPS) is 17.6. The highest BCUT2D eigenvalue weighted by molar-refractivity contribution is 5.98. The molecule has 0 heterocycles. The van der Waals surface area contributed by atoms with Crippen molar-refractivity contribution in [1.82, 2.24) is 0 Å². The number of aliphatic hydroxyl groups is 4. The topological polar surface area (TPSA) is 98.0 Å². The first-order chi connectivity index (χ1) is 5.54. The summed E-state index contributed by atoms with van der Waals surface area (Å²) < 4.78 is 0. The van der Waals surface area contributed by atoms with Gasteiger partial charge in [0.25, 0.3) is 0 Å². The first kappa shape index (κ1) is 11.1. The van der Waals surface area contributed by atoms with Crippen molar-refractivity contribution in [2.24, 2.45) is 0 Å². The molecule has 0 rings (SSSR count). The van der Waals surface area contributed by atoms with E-state index in [1.165, 1.54) is 0 Å². The molecule has 0 radical (unpaired) electrons. The van der Waals surface area contributed by atoms with Crippen molar-refractivity contribution in [3.05, 3.63) is 0 Å². The van der Waals surface area contributed by atoms with E-state index in [2.05, 4.69) is 6.42 Å². The molecule has 3 atom stereocenters. The Morgan fingerprint density at radius 1 is 1.42 bits per heavy atom. The summed E-state index contributed by atoms with van der Waals surface area (Å²) in [7, 11) is 0. The second-order valence-electron chi connectivity index (χ2n) is 2.19. The number of ketones is 1. The molecular formula is C7H10O5. The van der Waals surface area contributed by atoms with Gasteiger partial charge in [0.15, 0.2) is 6.10 Å². The lowest BCUT2D eigenvalue weighted by Crippen LogP contribution is -2.43. The molecule has 0 aromatic carbocycles. The van der Waals surface area contributed by atoms with Crippen LogP contribution in [0.1, 0.15) is 0 Å². The molecule has 0 bridgehead atoms. The highest BCUT2D eigenvalue weighted by Gasteiger charge is 2.28.